The molecular formula is C75H126O6. The van der Waals surface area contributed by atoms with Crippen molar-refractivity contribution < 1.29 is 28.6 Å². The third-order valence-corrected chi connectivity index (χ3v) is 14.4. The molecule has 0 aliphatic carbocycles. The van der Waals surface area contributed by atoms with Gasteiger partial charge < -0.3 is 14.2 Å². The van der Waals surface area contributed by atoms with E-state index in [1.807, 2.05) is 0 Å². The van der Waals surface area contributed by atoms with Crippen LogP contribution >= 0.6 is 0 Å². The van der Waals surface area contributed by atoms with Crippen LogP contribution in [0.5, 0.6) is 0 Å². The third-order valence-electron chi connectivity index (χ3n) is 14.4. The minimum absolute atomic E-state index is 0.0972. The molecule has 81 heavy (non-hydrogen) atoms. The van der Waals surface area contributed by atoms with Gasteiger partial charge in [-0.3, -0.25) is 14.4 Å². The molecular weight excluding hydrogens is 997 g/mol. The van der Waals surface area contributed by atoms with E-state index >= 15 is 0 Å². The molecule has 0 fully saturated rings. The molecule has 0 aromatic carbocycles. The van der Waals surface area contributed by atoms with Gasteiger partial charge in [0.25, 0.3) is 0 Å². The van der Waals surface area contributed by atoms with Gasteiger partial charge in [0.2, 0.25) is 0 Å². The van der Waals surface area contributed by atoms with Gasteiger partial charge in [-0.25, -0.2) is 0 Å². The van der Waals surface area contributed by atoms with Gasteiger partial charge in [0.05, 0.1) is 0 Å². The highest BCUT2D eigenvalue weighted by Gasteiger charge is 2.19. The summed E-state index contributed by atoms with van der Waals surface area (Å²) in [7, 11) is 0. The van der Waals surface area contributed by atoms with E-state index in [9.17, 15) is 14.4 Å². The Morgan fingerprint density at radius 2 is 0.494 bits per heavy atom. The van der Waals surface area contributed by atoms with Gasteiger partial charge in [-0.15, -0.1) is 0 Å². The van der Waals surface area contributed by atoms with Crippen LogP contribution < -0.4 is 0 Å². The summed E-state index contributed by atoms with van der Waals surface area (Å²) >= 11 is 0. The molecule has 0 heterocycles. The van der Waals surface area contributed by atoms with Crippen LogP contribution in [0.25, 0.3) is 0 Å². The summed E-state index contributed by atoms with van der Waals surface area (Å²) < 4.78 is 16.9. The Bertz CT molecular complexity index is 1670. The number of hydrogen-bond donors (Lipinski definition) is 0. The number of hydrogen-bond acceptors (Lipinski definition) is 6. The molecule has 0 spiro atoms. The van der Waals surface area contributed by atoms with Crippen molar-refractivity contribution in [3.8, 4) is 0 Å². The summed E-state index contributed by atoms with van der Waals surface area (Å²) in [6.45, 7) is 6.39. The van der Waals surface area contributed by atoms with E-state index in [1.54, 1.807) is 0 Å². The van der Waals surface area contributed by atoms with Gasteiger partial charge in [0.15, 0.2) is 6.10 Å². The van der Waals surface area contributed by atoms with E-state index in [1.165, 1.54) is 167 Å². The molecule has 6 heteroatoms. The Hall–Kier alpha value is -4.19. The molecule has 0 aliphatic heterocycles. The Kier molecular flexibility index (Phi) is 64.8. The van der Waals surface area contributed by atoms with Crippen LogP contribution in [0.4, 0.5) is 0 Å². The Morgan fingerprint density at radius 3 is 0.815 bits per heavy atom. The molecule has 0 saturated heterocycles. The summed E-state index contributed by atoms with van der Waals surface area (Å²) in [6, 6.07) is 0. The maximum Gasteiger partial charge on any atom is 0.306 e. The second-order valence-corrected chi connectivity index (χ2v) is 22.3. The van der Waals surface area contributed by atoms with Crippen molar-refractivity contribution in [2.75, 3.05) is 13.2 Å². The van der Waals surface area contributed by atoms with Gasteiger partial charge in [0, 0.05) is 19.3 Å². The Balaban J connectivity index is 4.38. The molecule has 1 unspecified atom stereocenters. The number of ether oxygens (including phenoxy) is 3. The molecule has 0 bridgehead atoms. The molecule has 0 aromatic heterocycles. The lowest BCUT2D eigenvalue weighted by molar-refractivity contribution is -0.167. The lowest BCUT2D eigenvalue weighted by atomic mass is 10.0. The van der Waals surface area contributed by atoms with Crippen LogP contribution in [0, 0.1) is 0 Å². The van der Waals surface area contributed by atoms with Crippen molar-refractivity contribution in [1.82, 2.24) is 0 Å². The third kappa shape index (κ3) is 66.5. The fourth-order valence-corrected chi connectivity index (χ4v) is 9.41. The minimum Gasteiger partial charge on any atom is -0.462 e. The average Bonchev–Trinajstić information content (AvgIpc) is 3.47. The first-order valence-corrected chi connectivity index (χ1v) is 34.0. The van der Waals surface area contributed by atoms with E-state index in [2.05, 4.69) is 142 Å². The van der Waals surface area contributed by atoms with Crippen LogP contribution in [0.3, 0.4) is 0 Å². The molecule has 0 radical (unpaired) electrons. The zero-order chi connectivity index (χ0) is 58.5. The van der Waals surface area contributed by atoms with Crippen molar-refractivity contribution in [3.63, 3.8) is 0 Å². The molecule has 0 N–H and O–H groups in total. The van der Waals surface area contributed by atoms with E-state index < -0.39 is 6.10 Å². The van der Waals surface area contributed by atoms with Crippen molar-refractivity contribution >= 4 is 17.9 Å². The first-order chi connectivity index (χ1) is 40.0. The first-order valence-electron chi connectivity index (χ1n) is 34.0. The number of unbranched alkanes of at least 4 members (excludes halogenated alkanes) is 30. The van der Waals surface area contributed by atoms with Crippen molar-refractivity contribution in [2.45, 2.75) is 322 Å². The quantitative estimate of drug-likeness (QED) is 0.0261. The Labute approximate surface area is 501 Å². The fraction of sp³-hybridized carbons (Fsp3) is 0.693. The SMILES string of the molecule is CC/C=C\C/C=C\C/C=C\C/C=C\C/C=C\CCCC(=O)OCC(COC(=O)CCCCCCCCCCCCCCCC/C=C\C/C=C\C/C=C\C/C=C\CC)OC(=O)CCCCCCCCCCC/C=C\CCCCCCCC. The smallest absolute Gasteiger partial charge is 0.306 e. The molecule has 0 aromatic rings. The summed E-state index contributed by atoms with van der Waals surface area (Å²) in [5.41, 5.74) is 0. The molecule has 6 nitrogen and oxygen atoms in total. The summed E-state index contributed by atoms with van der Waals surface area (Å²) in [4.78, 5) is 38.4. The summed E-state index contributed by atoms with van der Waals surface area (Å²) in [6.07, 6.45) is 95.1. The minimum atomic E-state index is -0.806. The predicted octanol–water partition coefficient (Wildman–Crippen LogP) is 23.6. The van der Waals surface area contributed by atoms with Crippen molar-refractivity contribution in [2.24, 2.45) is 0 Å². The summed E-state index contributed by atoms with van der Waals surface area (Å²) in [5, 5.41) is 0. The van der Waals surface area contributed by atoms with Gasteiger partial charge in [-0.05, 0) is 122 Å². The lowest BCUT2D eigenvalue weighted by Crippen LogP contribution is -2.30. The number of carbonyl (C=O) groups is 3. The predicted molar refractivity (Wildman–Crippen MR) is 353 cm³/mol. The van der Waals surface area contributed by atoms with E-state index in [4.69, 9.17) is 14.2 Å². The molecule has 0 amide bonds. The number of rotatable bonds is 61. The normalized spacial score (nSPS) is 12.9. The second kappa shape index (κ2) is 68.3. The van der Waals surface area contributed by atoms with Crippen LogP contribution in [0.2, 0.25) is 0 Å². The maximum absolute atomic E-state index is 12.9. The summed E-state index contributed by atoms with van der Waals surface area (Å²) in [5.74, 6) is -0.951. The molecule has 0 saturated carbocycles. The standard InChI is InChI=1S/C75H126O6/c1-4-7-10-13-16-19-22-25-28-31-33-34-35-36-37-38-39-40-42-44-47-50-53-56-59-62-65-68-74(77)80-71-72(70-79-73(76)67-64-61-58-55-52-49-46-43-30-27-24-21-18-15-12-9-6-3)81-75(78)69-66-63-60-57-54-51-48-45-41-32-29-26-23-20-17-14-11-8-5-2/h7,9-10,12,16,18-19,21,25-30,33-34,46,49,55,58,72H,4-6,8,11,13-15,17,20,22-24,31-32,35-45,47-48,50-54,56-57,59-71H2,1-3H3/b10-7-,12-9-,19-16-,21-18-,28-25-,29-26-,30-27-,34-33-,49-46-,58-55-. The highest BCUT2D eigenvalue weighted by atomic mass is 16.6. The highest BCUT2D eigenvalue weighted by Crippen LogP contribution is 2.16. The lowest BCUT2D eigenvalue weighted by Gasteiger charge is -2.18. The van der Waals surface area contributed by atoms with Crippen LogP contribution in [0.1, 0.15) is 316 Å². The molecule has 462 valence electrons. The van der Waals surface area contributed by atoms with Gasteiger partial charge in [-0.1, -0.05) is 296 Å². The van der Waals surface area contributed by atoms with Gasteiger partial charge in [0.1, 0.15) is 13.2 Å². The van der Waals surface area contributed by atoms with Crippen LogP contribution in [-0.2, 0) is 28.6 Å². The molecule has 1 atom stereocenters. The first kappa shape index (κ1) is 76.8. The largest absolute Gasteiger partial charge is 0.462 e. The van der Waals surface area contributed by atoms with Gasteiger partial charge in [-0.2, -0.15) is 0 Å². The highest BCUT2D eigenvalue weighted by molar-refractivity contribution is 5.71. The number of esters is 3. The monoisotopic (exact) mass is 1120 g/mol. The van der Waals surface area contributed by atoms with Crippen LogP contribution in [0.15, 0.2) is 122 Å². The van der Waals surface area contributed by atoms with Crippen LogP contribution in [-0.4, -0.2) is 37.2 Å². The fourth-order valence-electron chi connectivity index (χ4n) is 9.41. The van der Waals surface area contributed by atoms with Crippen molar-refractivity contribution in [3.05, 3.63) is 122 Å². The topological polar surface area (TPSA) is 78.9 Å². The van der Waals surface area contributed by atoms with Crippen molar-refractivity contribution in [1.29, 1.82) is 0 Å². The Morgan fingerprint density at radius 1 is 0.259 bits per heavy atom. The molecule has 0 aliphatic rings. The number of carbonyl (C=O) groups excluding carboxylic acids is 3. The van der Waals surface area contributed by atoms with E-state index in [-0.39, 0.29) is 37.5 Å². The zero-order valence-corrected chi connectivity index (χ0v) is 53.0. The van der Waals surface area contributed by atoms with E-state index in [0.29, 0.717) is 19.3 Å². The number of allylic oxidation sites excluding steroid dienone is 20. The van der Waals surface area contributed by atoms with Gasteiger partial charge >= 0.3 is 17.9 Å². The second-order valence-electron chi connectivity index (χ2n) is 22.3. The maximum atomic E-state index is 12.9. The molecule has 0 rings (SSSR count). The zero-order valence-electron chi connectivity index (χ0n) is 53.0. The average molecular weight is 1120 g/mol. The van der Waals surface area contributed by atoms with E-state index in [0.717, 1.165) is 103 Å².